The van der Waals surface area contributed by atoms with Crippen LogP contribution in [-0.4, -0.2) is 11.1 Å². The van der Waals surface area contributed by atoms with E-state index in [9.17, 15) is 9.90 Å². The van der Waals surface area contributed by atoms with Crippen molar-refractivity contribution in [2.75, 3.05) is 0 Å². The Bertz CT molecular complexity index is 345. The number of benzene rings is 1. The number of hydrogen-bond acceptors (Lipinski definition) is 1. The van der Waals surface area contributed by atoms with E-state index in [0.717, 1.165) is 22.9 Å². The summed E-state index contributed by atoms with van der Waals surface area (Å²) in [4.78, 5) is 11.3. The van der Waals surface area contributed by atoms with Crippen LogP contribution in [0.5, 0.6) is 0 Å². The van der Waals surface area contributed by atoms with Crippen LogP contribution in [0.1, 0.15) is 38.2 Å². The third-order valence-electron chi connectivity index (χ3n) is 2.81. The molecule has 0 saturated carbocycles. The summed E-state index contributed by atoms with van der Waals surface area (Å²) in [7, 11) is 0. The zero-order valence-corrected chi connectivity index (χ0v) is 11.2. The normalized spacial score (nSPS) is 14.4. The summed E-state index contributed by atoms with van der Waals surface area (Å²) in [5.74, 6) is -0.958. The average molecular weight is 285 g/mol. The maximum absolute atomic E-state index is 11.3. The van der Waals surface area contributed by atoms with Gasteiger partial charge in [-0.3, -0.25) is 4.79 Å². The Morgan fingerprint density at radius 1 is 1.38 bits per heavy atom. The van der Waals surface area contributed by atoms with E-state index in [1.165, 1.54) is 0 Å². The van der Waals surface area contributed by atoms with Gasteiger partial charge in [-0.05, 0) is 30.0 Å². The van der Waals surface area contributed by atoms with E-state index < -0.39 is 11.9 Å². The maximum Gasteiger partial charge on any atom is 0.311 e. The van der Waals surface area contributed by atoms with Gasteiger partial charge in [0.2, 0.25) is 0 Å². The number of carboxylic acid groups (broad SMARTS) is 1. The van der Waals surface area contributed by atoms with Crippen LogP contribution in [0.15, 0.2) is 28.7 Å². The molecule has 0 aliphatic carbocycles. The van der Waals surface area contributed by atoms with Crippen LogP contribution in [0.2, 0.25) is 0 Å². The van der Waals surface area contributed by atoms with Crippen molar-refractivity contribution >= 4 is 21.9 Å². The Hall–Kier alpha value is -0.830. The summed E-state index contributed by atoms with van der Waals surface area (Å²) in [5.41, 5.74) is 0.886. The van der Waals surface area contributed by atoms with Gasteiger partial charge in [0, 0.05) is 4.47 Å². The fourth-order valence-electron chi connectivity index (χ4n) is 2.01. The van der Waals surface area contributed by atoms with Crippen LogP contribution < -0.4 is 0 Å². The van der Waals surface area contributed by atoms with Crippen LogP contribution in [0, 0.1) is 5.92 Å². The van der Waals surface area contributed by atoms with Gasteiger partial charge < -0.3 is 5.11 Å². The van der Waals surface area contributed by atoms with Crippen molar-refractivity contribution in [2.24, 2.45) is 5.92 Å². The number of carbonyl (C=O) groups is 1. The van der Waals surface area contributed by atoms with Gasteiger partial charge in [0.15, 0.2) is 0 Å². The summed E-state index contributed by atoms with van der Waals surface area (Å²) in [5, 5.41) is 9.28. The molecule has 0 spiro atoms. The van der Waals surface area contributed by atoms with Gasteiger partial charge in [0.25, 0.3) is 0 Å². The molecular weight excluding hydrogens is 268 g/mol. The number of halogens is 1. The average Bonchev–Trinajstić information content (AvgIpc) is 2.21. The topological polar surface area (TPSA) is 37.3 Å². The van der Waals surface area contributed by atoms with Crippen LogP contribution in [-0.2, 0) is 4.79 Å². The van der Waals surface area contributed by atoms with Gasteiger partial charge in [0.1, 0.15) is 0 Å². The number of hydrogen-bond donors (Lipinski definition) is 1. The summed E-state index contributed by atoms with van der Waals surface area (Å²) >= 11 is 3.35. The van der Waals surface area contributed by atoms with E-state index in [4.69, 9.17) is 0 Å². The standard InChI is InChI=1S/C13H17BrO2/c1-3-4-9(2)12(13(15)16)10-5-7-11(14)8-6-10/h5-9,12H,3-4H2,1-2H3,(H,15,16)/t9-,12-/m1/s1. The lowest BCUT2D eigenvalue weighted by atomic mass is 9.85. The van der Waals surface area contributed by atoms with Crippen molar-refractivity contribution in [3.8, 4) is 0 Å². The highest BCUT2D eigenvalue weighted by Gasteiger charge is 2.25. The highest BCUT2D eigenvalue weighted by Crippen LogP contribution is 2.29. The smallest absolute Gasteiger partial charge is 0.311 e. The summed E-state index contributed by atoms with van der Waals surface area (Å²) in [6.45, 7) is 4.08. The third kappa shape index (κ3) is 3.34. The minimum absolute atomic E-state index is 0.170. The van der Waals surface area contributed by atoms with E-state index in [1.807, 2.05) is 31.2 Å². The maximum atomic E-state index is 11.3. The first-order valence-corrected chi connectivity index (χ1v) is 6.33. The second-order valence-electron chi connectivity index (χ2n) is 4.13. The Morgan fingerprint density at radius 2 is 1.94 bits per heavy atom. The SMILES string of the molecule is CCC[C@@H](C)[C@@H](C(=O)O)c1ccc(Br)cc1. The van der Waals surface area contributed by atoms with E-state index >= 15 is 0 Å². The van der Waals surface area contributed by atoms with Crippen molar-refractivity contribution in [3.05, 3.63) is 34.3 Å². The molecule has 0 radical (unpaired) electrons. The highest BCUT2D eigenvalue weighted by atomic mass is 79.9. The molecule has 1 aromatic rings. The molecule has 3 heteroatoms. The van der Waals surface area contributed by atoms with E-state index in [1.54, 1.807) is 0 Å². The molecule has 0 saturated heterocycles. The molecule has 0 aromatic heterocycles. The molecule has 0 fully saturated rings. The lowest BCUT2D eigenvalue weighted by molar-refractivity contribution is -0.140. The molecule has 1 aromatic carbocycles. The zero-order chi connectivity index (χ0) is 12.1. The monoisotopic (exact) mass is 284 g/mol. The Morgan fingerprint density at radius 3 is 2.38 bits per heavy atom. The van der Waals surface area contributed by atoms with Crippen molar-refractivity contribution in [1.29, 1.82) is 0 Å². The largest absolute Gasteiger partial charge is 0.481 e. The lowest BCUT2D eigenvalue weighted by Crippen LogP contribution is -2.19. The van der Waals surface area contributed by atoms with Crippen LogP contribution >= 0.6 is 15.9 Å². The molecule has 0 unspecified atom stereocenters. The molecule has 2 atom stereocenters. The first kappa shape index (κ1) is 13.2. The van der Waals surface area contributed by atoms with Crippen LogP contribution in [0.3, 0.4) is 0 Å². The zero-order valence-electron chi connectivity index (χ0n) is 9.61. The molecule has 16 heavy (non-hydrogen) atoms. The van der Waals surface area contributed by atoms with Crippen LogP contribution in [0.4, 0.5) is 0 Å². The molecule has 88 valence electrons. The molecule has 0 aliphatic rings. The first-order chi connectivity index (χ1) is 7.56. The fraction of sp³-hybridized carbons (Fsp3) is 0.462. The molecule has 2 nitrogen and oxygen atoms in total. The highest BCUT2D eigenvalue weighted by molar-refractivity contribution is 9.10. The van der Waals surface area contributed by atoms with E-state index in [0.29, 0.717) is 0 Å². The molecule has 1 rings (SSSR count). The Kier molecular flexibility index (Phi) is 5.00. The molecule has 0 heterocycles. The second kappa shape index (κ2) is 6.04. The second-order valence-corrected chi connectivity index (χ2v) is 5.05. The molecule has 0 aliphatic heterocycles. The van der Waals surface area contributed by atoms with Gasteiger partial charge in [-0.1, -0.05) is 48.3 Å². The molecule has 0 amide bonds. The summed E-state index contributed by atoms with van der Waals surface area (Å²) in [6, 6.07) is 7.55. The van der Waals surface area contributed by atoms with E-state index in [2.05, 4.69) is 22.9 Å². The van der Waals surface area contributed by atoms with Gasteiger partial charge in [-0.25, -0.2) is 0 Å². The number of rotatable bonds is 5. The summed E-state index contributed by atoms with van der Waals surface area (Å²) < 4.78 is 0.975. The third-order valence-corrected chi connectivity index (χ3v) is 3.34. The molecule has 1 N–H and O–H groups in total. The minimum Gasteiger partial charge on any atom is -0.481 e. The fourth-order valence-corrected chi connectivity index (χ4v) is 2.27. The Labute approximate surface area is 105 Å². The Balaban J connectivity index is 2.93. The van der Waals surface area contributed by atoms with Crippen molar-refractivity contribution < 1.29 is 9.90 Å². The van der Waals surface area contributed by atoms with Gasteiger partial charge in [-0.2, -0.15) is 0 Å². The van der Waals surface area contributed by atoms with Crippen molar-refractivity contribution in [2.45, 2.75) is 32.6 Å². The molecular formula is C13H17BrO2. The molecule has 0 bridgehead atoms. The van der Waals surface area contributed by atoms with Crippen molar-refractivity contribution in [1.82, 2.24) is 0 Å². The predicted octanol–water partition coefficient (Wildman–Crippen LogP) is 4.05. The minimum atomic E-state index is -0.733. The van der Waals surface area contributed by atoms with Crippen molar-refractivity contribution in [3.63, 3.8) is 0 Å². The first-order valence-electron chi connectivity index (χ1n) is 5.54. The summed E-state index contributed by atoms with van der Waals surface area (Å²) in [6.07, 6.45) is 1.95. The van der Waals surface area contributed by atoms with Crippen LogP contribution in [0.25, 0.3) is 0 Å². The van der Waals surface area contributed by atoms with Gasteiger partial charge in [0.05, 0.1) is 5.92 Å². The lowest BCUT2D eigenvalue weighted by Gasteiger charge is -2.20. The number of aliphatic carboxylic acids is 1. The quantitative estimate of drug-likeness (QED) is 0.886. The van der Waals surface area contributed by atoms with E-state index in [-0.39, 0.29) is 5.92 Å². The van der Waals surface area contributed by atoms with Gasteiger partial charge >= 0.3 is 5.97 Å². The predicted molar refractivity (Wildman–Crippen MR) is 68.6 cm³/mol. The van der Waals surface area contributed by atoms with Gasteiger partial charge in [-0.15, -0.1) is 0 Å². The number of carboxylic acids is 1.